The van der Waals surface area contributed by atoms with E-state index in [1.54, 1.807) is 24.3 Å². The highest BCUT2D eigenvalue weighted by Crippen LogP contribution is 2.37. The van der Waals surface area contributed by atoms with E-state index in [1.807, 2.05) is 0 Å². The molecular weight excluding hydrogens is 299 g/mol. The second kappa shape index (κ2) is 5.73. The zero-order chi connectivity index (χ0) is 15.7. The number of hydrogen-bond donors (Lipinski definition) is 2. The first kappa shape index (κ1) is 14.5. The van der Waals surface area contributed by atoms with E-state index in [0.717, 1.165) is 29.0 Å². The van der Waals surface area contributed by atoms with E-state index in [9.17, 15) is 4.39 Å². The molecule has 22 heavy (non-hydrogen) atoms. The van der Waals surface area contributed by atoms with Gasteiger partial charge in [0.1, 0.15) is 11.7 Å². The Hall–Kier alpha value is -2.47. The molecule has 6 heteroatoms. The van der Waals surface area contributed by atoms with Gasteiger partial charge in [-0.2, -0.15) is 0 Å². The number of rotatable bonds is 3. The van der Waals surface area contributed by atoms with Crippen LogP contribution >= 0.6 is 11.3 Å². The summed E-state index contributed by atoms with van der Waals surface area (Å²) >= 11 is 1.36. The van der Waals surface area contributed by atoms with Crippen LogP contribution < -0.4 is 11.5 Å². The lowest BCUT2D eigenvalue weighted by molar-refractivity contribution is 0.625. The molecule has 0 radical (unpaired) electrons. The van der Waals surface area contributed by atoms with Crippen molar-refractivity contribution in [3.8, 4) is 0 Å². The van der Waals surface area contributed by atoms with E-state index < -0.39 is 5.82 Å². The molecule has 4 nitrogen and oxygen atoms in total. The molecular formula is C16H15FN4S. The van der Waals surface area contributed by atoms with Gasteiger partial charge in [-0.15, -0.1) is 0 Å². The lowest BCUT2D eigenvalue weighted by Gasteiger charge is -2.15. The van der Waals surface area contributed by atoms with Crippen molar-refractivity contribution in [3.63, 3.8) is 0 Å². The lowest BCUT2D eigenvalue weighted by atomic mass is 9.98. The largest absolute Gasteiger partial charge is 0.383 e. The summed E-state index contributed by atoms with van der Waals surface area (Å²) in [6.07, 6.45) is 3.32. The van der Waals surface area contributed by atoms with Crippen LogP contribution in [0.2, 0.25) is 0 Å². The van der Waals surface area contributed by atoms with Crippen molar-refractivity contribution in [1.82, 2.24) is 4.98 Å². The standard InChI is InChI=1S/C16H15FN4S/c1-2-9-7-8-12-14(22-16(19)20-12)13(9)21-15(18)10-5-3-4-6-11(10)17/h2-6H,1,7-8H2,(H2,18,21)(H2,19,20). The minimum atomic E-state index is -0.399. The summed E-state index contributed by atoms with van der Waals surface area (Å²) in [5, 5.41) is 0.493. The summed E-state index contributed by atoms with van der Waals surface area (Å²) in [6.45, 7) is 3.82. The summed E-state index contributed by atoms with van der Waals surface area (Å²) in [5.41, 5.74) is 14.6. The van der Waals surface area contributed by atoms with Crippen LogP contribution in [-0.2, 0) is 6.42 Å². The number of nitrogens with zero attached hydrogens (tertiary/aromatic N) is 2. The molecule has 0 unspecified atom stereocenters. The third kappa shape index (κ3) is 2.53. The third-order valence-corrected chi connectivity index (χ3v) is 4.43. The summed E-state index contributed by atoms with van der Waals surface area (Å²) in [4.78, 5) is 9.65. The van der Waals surface area contributed by atoms with Crippen molar-refractivity contribution in [3.05, 3.63) is 64.4 Å². The predicted molar refractivity (Wildman–Crippen MR) is 89.1 cm³/mol. The van der Waals surface area contributed by atoms with Gasteiger partial charge in [0, 0.05) is 0 Å². The Kier molecular flexibility index (Phi) is 3.77. The highest BCUT2D eigenvalue weighted by Gasteiger charge is 2.22. The Balaban J connectivity index is 2.12. The molecule has 0 fully saturated rings. The number of hydrogen-bond acceptors (Lipinski definition) is 4. The summed E-state index contributed by atoms with van der Waals surface area (Å²) in [6, 6.07) is 6.30. The first-order valence-corrected chi connectivity index (χ1v) is 7.62. The number of allylic oxidation sites excluding steroid dienone is 2. The molecule has 1 heterocycles. The second-order valence-corrected chi connectivity index (χ2v) is 5.91. The summed E-state index contributed by atoms with van der Waals surface area (Å²) < 4.78 is 13.8. The topological polar surface area (TPSA) is 77.3 Å². The van der Waals surface area contributed by atoms with E-state index in [0.29, 0.717) is 10.8 Å². The maximum atomic E-state index is 13.8. The van der Waals surface area contributed by atoms with E-state index in [2.05, 4.69) is 16.6 Å². The fourth-order valence-electron chi connectivity index (χ4n) is 2.41. The smallest absolute Gasteiger partial charge is 0.180 e. The van der Waals surface area contributed by atoms with Gasteiger partial charge in [0.15, 0.2) is 5.13 Å². The van der Waals surface area contributed by atoms with Crippen LogP contribution in [0, 0.1) is 5.82 Å². The zero-order valence-corrected chi connectivity index (χ0v) is 12.7. The normalized spacial score (nSPS) is 14.9. The lowest BCUT2D eigenvalue weighted by Crippen LogP contribution is -2.16. The van der Waals surface area contributed by atoms with Crippen molar-refractivity contribution >= 4 is 28.0 Å². The third-order valence-electron chi connectivity index (χ3n) is 3.49. The van der Waals surface area contributed by atoms with Gasteiger partial charge in [-0.25, -0.2) is 14.4 Å². The molecule has 1 aromatic carbocycles. The van der Waals surface area contributed by atoms with Crippen LogP contribution in [-0.4, -0.2) is 10.8 Å². The number of fused-ring (bicyclic) bond motifs is 1. The Morgan fingerprint density at radius 2 is 2.14 bits per heavy atom. The molecule has 0 atom stereocenters. The maximum absolute atomic E-state index is 13.8. The van der Waals surface area contributed by atoms with Crippen molar-refractivity contribution in [2.24, 2.45) is 10.7 Å². The maximum Gasteiger partial charge on any atom is 0.180 e. The summed E-state index contributed by atoms with van der Waals surface area (Å²) in [7, 11) is 0. The average molecular weight is 314 g/mol. The number of aliphatic imine (C=N–C) groups is 1. The van der Waals surface area contributed by atoms with E-state index in [1.165, 1.54) is 17.4 Å². The fraction of sp³-hybridized carbons (Fsp3) is 0.125. The van der Waals surface area contributed by atoms with E-state index >= 15 is 0 Å². The number of thiazole rings is 1. The Morgan fingerprint density at radius 1 is 1.36 bits per heavy atom. The summed E-state index contributed by atoms with van der Waals surface area (Å²) in [5.74, 6) is -0.267. The molecule has 1 aromatic heterocycles. The molecule has 0 saturated carbocycles. The molecule has 3 rings (SSSR count). The number of nitrogens with two attached hydrogens (primary N) is 2. The number of nitrogen functional groups attached to an aromatic ring is 1. The highest BCUT2D eigenvalue weighted by molar-refractivity contribution is 7.16. The molecule has 112 valence electrons. The first-order chi connectivity index (χ1) is 10.6. The van der Waals surface area contributed by atoms with Gasteiger partial charge in [0.25, 0.3) is 0 Å². The minimum Gasteiger partial charge on any atom is -0.383 e. The van der Waals surface area contributed by atoms with Gasteiger partial charge in [-0.1, -0.05) is 36.1 Å². The molecule has 2 aromatic rings. The van der Waals surface area contributed by atoms with E-state index in [-0.39, 0.29) is 11.4 Å². The van der Waals surface area contributed by atoms with Crippen molar-refractivity contribution in [2.45, 2.75) is 12.8 Å². The molecule has 0 spiro atoms. The molecule has 1 aliphatic rings. The molecule has 1 aliphatic carbocycles. The minimum absolute atomic E-state index is 0.132. The predicted octanol–water partition coefficient (Wildman–Crippen LogP) is 3.11. The van der Waals surface area contributed by atoms with Crippen LogP contribution in [0.25, 0.3) is 5.70 Å². The number of anilines is 1. The van der Waals surface area contributed by atoms with Crippen molar-refractivity contribution in [2.75, 3.05) is 5.73 Å². The number of aryl methyl sites for hydroxylation is 1. The average Bonchev–Trinajstić information content (AvgIpc) is 2.88. The molecule has 4 N–H and O–H groups in total. The van der Waals surface area contributed by atoms with Gasteiger partial charge in [0.05, 0.1) is 21.8 Å². The molecule has 0 bridgehead atoms. The number of benzene rings is 1. The Morgan fingerprint density at radius 3 is 2.86 bits per heavy atom. The van der Waals surface area contributed by atoms with Crippen LogP contribution in [0.15, 0.2) is 47.5 Å². The van der Waals surface area contributed by atoms with Crippen LogP contribution in [0.1, 0.15) is 22.6 Å². The van der Waals surface area contributed by atoms with Gasteiger partial charge < -0.3 is 11.5 Å². The van der Waals surface area contributed by atoms with Crippen LogP contribution in [0.4, 0.5) is 9.52 Å². The molecule has 0 saturated heterocycles. The Labute approximate surface area is 131 Å². The van der Waals surface area contributed by atoms with Crippen LogP contribution in [0.3, 0.4) is 0 Å². The Bertz CT molecular complexity index is 804. The second-order valence-electron chi connectivity index (χ2n) is 4.88. The van der Waals surface area contributed by atoms with Gasteiger partial charge in [-0.05, 0) is 30.5 Å². The van der Waals surface area contributed by atoms with Gasteiger partial charge in [0.2, 0.25) is 0 Å². The van der Waals surface area contributed by atoms with Crippen molar-refractivity contribution in [1.29, 1.82) is 0 Å². The fourth-order valence-corrected chi connectivity index (χ4v) is 3.32. The van der Waals surface area contributed by atoms with Crippen molar-refractivity contribution < 1.29 is 4.39 Å². The van der Waals surface area contributed by atoms with Gasteiger partial charge in [-0.3, -0.25) is 0 Å². The first-order valence-electron chi connectivity index (χ1n) is 6.80. The highest BCUT2D eigenvalue weighted by atomic mass is 32.1. The SMILES string of the molecule is C=CC1=C(N=C(N)c2ccccc2F)c2sc(N)nc2CC1. The van der Waals surface area contributed by atoms with E-state index in [4.69, 9.17) is 11.5 Å². The van der Waals surface area contributed by atoms with Gasteiger partial charge >= 0.3 is 0 Å². The molecule has 0 aliphatic heterocycles. The number of aromatic nitrogens is 1. The number of amidine groups is 1. The zero-order valence-electron chi connectivity index (χ0n) is 11.8. The molecule has 0 amide bonds. The van der Waals surface area contributed by atoms with Crippen LogP contribution in [0.5, 0.6) is 0 Å². The number of halogens is 1. The quantitative estimate of drug-likeness (QED) is 0.675. The monoisotopic (exact) mass is 314 g/mol.